The first-order valence-electron chi connectivity index (χ1n) is 9.46. The number of hydrogen-bond acceptors (Lipinski definition) is 4. The van der Waals surface area contributed by atoms with Crippen molar-refractivity contribution < 1.29 is 14.3 Å². The van der Waals surface area contributed by atoms with Crippen LogP contribution in [-0.2, 0) is 11.3 Å². The number of carbonyl (C=O) groups is 1. The Hall–Kier alpha value is -2.31. The van der Waals surface area contributed by atoms with E-state index in [0.717, 1.165) is 61.1 Å². The maximum Gasteiger partial charge on any atom is 0.268 e. The number of methoxy groups -OCH3 is 1. The van der Waals surface area contributed by atoms with Crippen LogP contribution in [0.3, 0.4) is 0 Å². The third-order valence-electron chi connectivity index (χ3n) is 5.00. The molecule has 0 atom stereocenters. The molecule has 1 fully saturated rings. The number of nitrogens with zero attached hydrogens (tertiary/aromatic N) is 2. The number of hydrogen-bond donors (Lipinski definition) is 1. The highest BCUT2D eigenvalue weighted by Crippen LogP contribution is 2.19. The first kappa shape index (κ1) is 19.5. The van der Waals surface area contributed by atoms with Crippen molar-refractivity contribution in [3.63, 3.8) is 0 Å². The number of aromatic nitrogens is 1. The lowest BCUT2D eigenvalue weighted by molar-refractivity contribution is 0.0383. The zero-order valence-corrected chi connectivity index (χ0v) is 16.5. The van der Waals surface area contributed by atoms with E-state index in [9.17, 15) is 4.79 Å². The summed E-state index contributed by atoms with van der Waals surface area (Å²) in [5.74, 6) is 0.808. The minimum absolute atomic E-state index is 0.0169. The Labute approximate surface area is 161 Å². The van der Waals surface area contributed by atoms with E-state index in [4.69, 9.17) is 9.47 Å². The van der Waals surface area contributed by atoms with Gasteiger partial charge in [0.15, 0.2) is 0 Å². The van der Waals surface area contributed by atoms with Gasteiger partial charge in [-0.25, -0.2) is 0 Å². The van der Waals surface area contributed by atoms with Gasteiger partial charge in [-0.3, -0.25) is 9.69 Å². The molecule has 1 aromatic carbocycles. The van der Waals surface area contributed by atoms with E-state index in [1.807, 2.05) is 32.0 Å². The smallest absolute Gasteiger partial charge is 0.268 e. The second-order valence-electron chi connectivity index (χ2n) is 6.96. The van der Waals surface area contributed by atoms with Crippen LogP contribution in [0.15, 0.2) is 30.3 Å². The van der Waals surface area contributed by atoms with Crippen LogP contribution in [0.2, 0.25) is 0 Å². The maximum atomic E-state index is 12.9. The van der Waals surface area contributed by atoms with Crippen molar-refractivity contribution in [2.24, 2.45) is 0 Å². The summed E-state index contributed by atoms with van der Waals surface area (Å²) in [7, 11) is 1.66. The predicted molar refractivity (Wildman–Crippen MR) is 106 cm³/mol. The lowest BCUT2D eigenvalue weighted by Crippen LogP contribution is -2.41. The molecule has 2 heterocycles. The van der Waals surface area contributed by atoms with E-state index >= 15 is 0 Å². The second-order valence-corrected chi connectivity index (χ2v) is 6.96. The SMILES string of the molecule is COc1cccc(Cn2c(C)cc(C)c2C(=O)NCCN2CCOCC2)c1. The fourth-order valence-corrected chi connectivity index (χ4v) is 3.54. The van der Waals surface area contributed by atoms with E-state index in [1.54, 1.807) is 7.11 Å². The molecule has 1 aliphatic heterocycles. The first-order chi connectivity index (χ1) is 13.1. The molecule has 2 aromatic rings. The summed E-state index contributed by atoms with van der Waals surface area (Å²) in [5, 5.41) is 3.08. The quantitative estimate of drug-likeness (QED) is 0.811. The number of carbonyl (C=O) groups excluding carboxylic acids is 1. The van der Waals surface area contributed by atoms with Crippen LogP contribution in [-0.4, -0.2) is 61.9 Å². The Morgan fingerprint density at radius 1 is 1.22 bits per heavy atom. The highest BCUT2D eigenvalue weighted by Gasteiger charge is 2.18. The van der Waals surface area contributed by atoms with Crippen molar-refractivity contribution in [3.8, 4) is 5.75 Å². The monoisotopic (exact) mass is 371 g/mol. The van der Waals surface area contributed by atoms with Crippen LogP contribution in [0, 0.1) is 13.8 Å². The van der Waals surface area contributed by atoms with Gasteiger partial charge in [-0.15, -0.1) is 0 Å². The third-order valence-corrected chi connectivity index (χ3v) is 5.00. The minimum atomic E-state index is -0.0169. The Bertz CT molecular complexity index is 779. The Balaban J connectivity index is 1.68. The first-order valence-corrected chi connectivity index (χ1v) is 9.46. The second kappa shape index (κ2) is 9.06. The number of benzene rings is 1. The summed E-state index contributed by atoms with van der Waals surface area (Å²) >= 11 is 0. The predicted octanol–water partition coefficient (Wildman–Crippen LogP) is 2.22. The summed E-state index contributed by atoms with van der Waals surface area (Å²) < 4.78 is 12.8. The molecular formula is C21H29N3O3. The number of nitrogens with one attached hydrogen (secondary N) is 1. The lowest BCUT2D eigenvalue weighted by Gasteiger charge is -2.26. The molecule has 146 valence electrons. The van der Waals surface area contributed by atoms with Crippen molar-refractivity contribution in [1.82, 2.24) is 14.8 Å². The van der Waals surface area contributed by atoms with Gasteiger partial charge in [0.2, 0.25) is 0 Å². The molecule has 1 aliphatic rings. The van der Waals surface area contributed by atoms with Gasteiger partial charge < -0.3 is 19.4 Å². The normalized spacial score (nSPS) is 14.9. The molecule has 0 unspecified atom stereocenters. The van der Waals surface area contributed by atoms with E-state index in [-0.39, 0.29) is 5.91 Å². The molecule has 0 bridgehead atoms. The molecule has 1 amide bonds. The number of rotatable bonds is 7. The molecule has 0 spiro atoms. The van der Waals surface area contributed by atoms with E-state index in [2.05, 4.69) is 26.9 Å². The molecule has 1 N–H and O–H groups in total. The van der Waals surface area contributed by atoms with Gasteiger partial charge in [-0.05, 0) is 43.2 Å². The van der Waals surface area contributed by atoms with Gasteiger partial charge in [0.25, 0.3) is 5.91 Å². The van der Waals surface area contributed by atoms with E-state index < -0.39 is 0 Å². The van der Waals surface area contributed by atoms with Crippen LogP contribution >= 0.6 is 0 Å². The number of aryl methyl sites for hydroxylation is 2. The van der Waals surface area contributed by atoms with Gasteiger partial charge in [0, 0.05) is 38.4 Å². The topological polar surface area (TPSA) is 55.7 Å². The minimum Gasteiger partial charge on any atom is -0.497 e. The number of morpholine rings is 1. The average Bonchev–Trinajstić information content (AvgIpc) is 2.96. The maximum absolute atomic E-state index is 12.9. The molecule has 3 rings (SSSR count). The van der Waals surface area contributed by atoms with Crippen molar-refractivity contribution in [3.05, 3.63) is 52.8 Å². The zero-order chi connectivity index (χ0) is 19.2. The van der Waals surface area contributed by atoms with E-state index in [1.165, 1.54) is 0 Å². The summed E-state index contributed by atoms with van der Waals surface area (Å²) in [4.78, 5) is 15.2. The highest BCUT2D eigenvalue weighted by molar-refractivity contribution is 5.94. The van der Waals surface area contributed by atoms with E-state index in [0.29, 0.717) is 13.1 Å². The molecule has 6 nitrogen and oxygen atoms in total. The van der Waals surface area contributed by atoms with Crippen molar-refractivity contribution in [1.29, 1.82) is 0 Å². The summed E-state index contributed by atoms with van der Waals surface area (Å²) in [5.41, 5.74) is 3.92. The van der Waals surface area contributed by atoms with Gasteiger partial charge in [-0.2, -0.15) is 0 Å². The Morgan fingerprint density at radius 2 is 2.00 bits per heavy atom. The molecule has 1 saturated heterocycles. The zero-order valence-electron chi connectivity index (χ0n) is 16.5. The van der Waals surface area contributed by atoms with Gasteiger partial charge in [0.1, 0.15) is 11.4 Å². The number of amides is 1. The van der Waals surface area contributed by atoms with Crippen LogP contribution in [0.5, 0.6) is 5.75 Å². The standard InChI is InChI=1S/C21H29N3O3/c1-16-13-17(2)24(15-18-5-4-6-19(14-18)26-3)20(16)21(25)22-7-8-23-9-11-27-12-10-23/h4-6,13-14H,7-12,15H2,1-3H3,(H,22,25). The fraction of sp³-hybridized carbons (Fsp3) is 0.476. The largest absolute Gasteiger partial charge is 0.497 e. The van der Waals surface area contributed by atoms with Crippen molar-refractivity contribution in [2.75, 3.05) is 46.5 Å². The molecular weight excluding hydrogens is 342 g/mol. The third kappa shape index (κ3) is 4.90. The van der Waals surface area contributed by atoms with Gasteiger partial charge in [-0.1, -0.05) is 12.1 Å². The molecule has 0 saturated carbocycles. The average molecular weight is 371 g/mol. The van der Waals surface area contributed by atoms with Crippen molar-refractivity contribution >= 4 is 5.91 Å². The lowest BCUT2D eigenvalue weighted by atomic mass is 10.2. The molecule has 1 aromatic heterocycles. The molecule has 0 aliphatic carbocycles. The Morgan fingerprint density at radius 3 is 2.74 bits per heavy atom. The van der Waals surface area contributed by atoms with Crippen molar-refractivity contribution in [2.45, 2.75) is 20.4 Å². The van der Waals surface area contributed by atoms with Gasteiger partial charge in [0.05, 0.1) is 20.3 Å². The van der Waals surface area contributed by atoms with Crippen LogP contribution < -0.4 is 10.1 Å². The van der Waals surface area contributed by atoms with Crippen LogP contribution in [0.25, 0.3) is 0 Å². The highest BCUT2D eigenvalue weighted by atomic mass is 16.5. The number of ether oxygens (including phenoxy) is 2. The fourth-order valence-electron chi connectivity index (χ4n) is 3.54. The van der Waals surface area contributed by atoms with Crippen LogP contribution in [0.1, 0.15) is 27.3 Å². The Kier molecular flexibility index (Phi) is 6.53. The summed E-state index contributed by atoms with van der Waals surface area (Å²) in [6.45, 7) is 9.57. The van der Waals surface area contributed by atoms with Gasteiger partial charge >= 0.3 is 0 Å². The molecule has 6 heteroatoms. The summed E-state index contributed by atoms with van der Waals surface area (Å²) in [6.07, 6.45) is 0. The summed E-state index contributed by atoms with van der Waals surface area (Å²) in [6, 6.07) is 10.0. The molecule has 0 radical (unpaired) electrons. The molecule has 27 heavy (non-hydrogen) atoms. The van der Waals surface area contributed by atoms with Crippen LogP contribution in [0.4, 0.5) is 0 Å².